The molecule has 0 fully saturated rings. The Morgan fingerprint density at radius 2 is 0.487 bits per heavy atom. The van der Waals surface area contributed by atoms with Gasteiger partial charge in [-0.2, -0.15) is 0 Å². The molecule has 0 bridgehead atoms. The zero-order chi connectivity index (χ0) is 57.8. The van der Waals surface area contributed by atoms with E-state index in [4.69, 9.17) is 14.2 Å². The standard InChI is InChI=1S/C74H132O6/c1-4-7-10-13-16-19-22-25-28-31-32-33-34-35-36-37-38-39-40-41-42-44-46-49-52-55-58-61-64-67-73(76)79-70-71(69-78-72(75)66-63-60-57-54-51-48-45-30-27-24-21-18-15-12-9-6-3)80-74(77)68-65-62-59-56-53-50-47-43-29-26-23-20-17-14-11-8-5-2/h7,10,16,19,25-26,28-30,32-33,45,71H,4-6,8-9,11-15,17-18,20-24,27,31,34-44,46-70H2,1-3H3/b10-7-,19-16-,28-25-,29-26-,33-32-,45-30-. The minimum Gasteiger partial charge on any atom is -0.462 e. The molecule has 6 nitrogen and oxygen atoms in total. The van der Waals surface area contributed by atoms with Crippen LogP contribution in [0.15, 0.2) is 72.9 Å². The molecule has 0 N–H and O–H groups in total. The number of carbonyl (C=O) groups excluding carboxylic acids is 3. The number of hydrogen-bond donors (Lipinski definition) is 0. The summed E-state index contributed by atoms with van der Waals surface area (Å²) >= 11 is 0. The summed E-state index contributed by atoms with van der Waals surface area (Å²) in [7, 11) is 0. The largest absolute Gasteiger partial charge is 0.462 e. The van der Waals surface area contributed by atoms with Gasteiger partial charge in [-0.1, -0.05) is 306 Å². The van der Waals surface area contributed by atoms with Gasteiger partial charge in [0.15, 0.2) is 6.10 Å². The molecule has 6 heteroatoms. The van der Waals surface area contributed by atoms with E-state index in [0.29, 0.717) is 19.3 Å². The lowest BCUT2D eigenvalue weighted by Crippen LogP contribution is -2.30. The van der Waals surface area contributed by atoms with Gasteiger partial charge in [0, 0.05) is 19.3 Å². The van der Waals surface area contributed by atoms with Crippen LogP contribution in [-0.2, 0) is 28.6 Å². The first-order valence-corrected chi connectivity index (χ1v) is 34.9. The Balaban J connectivity index is 4.25. The van der Waals surface area contributed by atoms with E-state index >= 15 is 0 Å². The number of unbranched alkanes of at least 4 members (excludes halogenated alkanes) is 41. The summed E-state index contributed by atoms with van der Waals surface area (Å²) in [6.07, 6.45) is 89.2. The van der Waals surface area contributed by atoms with Crippen molar-refractivity contribution >= 4 is 17.9 Å². The van der Waals surface area contributed by atoms with E-state index in [-0.39, 0.29) is 31.1 Å². The zero-order valence-electron chi connectivity index (χ0n) is 53.3. The average Bonchev–Trinajstić information content (AvgIpc) is 3.46. The molecule has 0 heterocycles. The number of ether oxygens (including phenoxy) is 3. The third-order valence-electron chi connectivity index (χ3n) is 15.4. The molecule has 0 aromatic heterocycles. The fourth-order valence-corrected chi connectivity index (χ4v) is 10.2. The number of allylic oxidation sites excluding steroid dienone is 12. The van der Waals surface area contributed by atoms with Crippen LogP contribution >= 0.6 is 0 Å². The first-order chi connectivity index (χ1) is 39.5. The number of hydrogen-bond acceptors (Lipinski definition) is 6. The third-order valence-corrected chi connectivity index (χ3v) is 15.4. The summed E-state index contributed by atoms with van der Waals surface area (Å²) in [6, 6.07) is 0. The maximum absolute atomic E-state index is 12.9. The van der Waals surface area contributed by atoms with Gasteiger partial charge in [-0.25, -0.2) is 0 Å². The van der Waals surface area contributed by atoms with Crippen LogP contribution in [0.2, 0.25) is 0 Å². The Bertz CT molecular complexity index is 1470. The Morgan fingerprint density at radius 3 is 0.775 bits per heavy atom. The lowest BCUT2D eigenvalue weighted by atomic mass is 10.0. The molecule has 0 aromatic rings. The molecule has 0 saturated heterocycles. The highest BCUT2D eigenvalue weighted by Crippen LogP contribution is 2.17. The van der Waals surface area contributed by atoms with Gasteiger partial charge in [0.05, 0.1) is 0 Å². The van der Waals surface area contributed by atoms with E-state index in [2.05, 4.69) is 93.7 Å². The van der Waals surface area contributed by atoms with Gasteiger partial charge in [0.2, 0.25) is 0 Å². The van der Waals surface area contributed by atoms with Crippen molar-refractivity contribution < 1.29 is 28.6 Å². The highest BCUT2D eigenvalue weighted by atomic mass is 16.6. The van der Waals surface area contributed by atoms with Gasteiger partial charge in [0.25, 0.3) is 0 Å². The molecular weight excluding hydrogens is 985 g/mol. The van der Waals surface area contributed by atoms with Crippen LogP contribution in [0.4, 0.5) is 0 Å². The molecule has 0 aliphatic heterocycles. The van der Waals surface area contributed by atoms with Crippen molar-refractivity contribution in [1.29, 1.82) is 0 Å². The molecule has 0 radical (unpaired) electrons. The van der Waals surface area contributed by atoms with Crippen LogP contribution in [0.25, 0.3) is 0 Å². The predicted molar refractivity (Wildman–Crippen MR) is 348 cm³/mol. The minimum absolute atomic E-state index is 0.0760. The summed E-state index contributed by atoms with van der Waals surface area (Å²) in [6.45, 7) is 6.56. The zero-order valence-corrected chi connectivity index (χ0v) is 53.3. The molecule has 0 amide bonds. The Labute approximate surface area is 497 Å². The van der Waals surface area contributed by atoms with E-state index in [9.17, 15) is 14.4 Å². The summed E-state index contributed by atoms with van der Waals surface area (Å²) < 4.78 is 17.0. The Morgan fingerprint density at radius 1 is 0.263 bits per heavy atom. The number of esters is 3. The molecule has 0 aromatic carbocycles. The SMILES string of the molecule is CC/C=C\C/C=C\C/C=C\C/C=C\CCCCCCCCCCCCCCCCCCC(=O)OCC(COC(=O)CCCCCCC/C=C\CCCCCCCCC)OC(=O)CCCCCCCCC/C=C\CCCCCCCC. The molecule has 464 valence electrons. The summed E-state index contributed by atoms with van der Waals surface area (Å²) in [4.78, 5) is 38.4. The Hall–Kier alpha value is -3.15. The van der Waals surface area contributed by atoms with Crippen LogP contribution in [0.1, 0.15) is 361 Å². The second-order valence-electron chi connectivity index (χ2n) is 23.4. The molecule has 0 aliphatic carbocycles. The molecule has 0 rings (SSSR count). The second-order valence-corrected chi connectivity index (χ2v) is 23.4. The van der Waals surface area contributed by atoms with Gasteiger partial charge in [-0.3, -0.25) is 14.4 Å². The number of rotatable bonds is 64. The number of carbonyl (C=O) groups is 3. The van der Waals surface area contributed by atoms with Crippen molar-refractivity contribution in [1.82, 2.24) is 0 Å². The summed E-state index contributed by atoms with van der Waals surface area (Å²) in [5.41, 5.74) is 0. The molecule has 0 saturated carbocycles. The maximum Gasteiger partial charge on any atom is 0.306 e. The van der Waals surface area contributed by atoms with Crippen LogP contribution in [0.3, 0.4) is 0 Å². The van der Waals surface area contributed by atoms with Crippen LogP contribution in [0, 0.1) is 0 Å². The topological polar surface area (TPSA) is 78.9 Å². The van der Waals surface area contributed by atoms with Gasteiger partial charge in [0.1, 0.15) is 13.2 Å². The highest BCUT2D eigenvalue weighted by molar-refractivity contribution is 5.71. The van der Waals surface area contributed by atoms with Gasteiger partial charge >= 0.3 is 17.9 Å². The first kappa shape index (κ1) is 76.9. The van der Waals surface area contributed by atoms with Crippen LogP contribution in [-0.4, -0.2) is 37.2 Å². The van der Waals surface area contributed by atoms with Crippen molar-refractivity contribution in [2.75, 3.05) is 13.2 Å². The summed E-state index contributed by atoms with van der Waals surface area (Å²) in [5, 5.41) is 0. The predicted octanol–water partition coefficient (Wildman–Crippen LogP) is 24.1. The molecule has 0 aliphatic rings. The molecule has 80 heavy (non-hydrogen) atoms. The smallest absolute Gasteiger partial charge is 0.306 e. The van der Waals surface area contributed by atoms with E-state index in [1.165, 1.54) is 231 Å². The van der Waals surface area contributed by atoms with Crippen LogP contribution in [0.5, 0.6) is 0 Å². The Kier molecular flexibility index (Phi) is 65.7. The maximum atomic E-state index is 12.9. The quantitative estimate of drug-likeness (QED) is 0.0261. The average molecular weight is 1120 g/mol. The van der Waals surface area contributed by atoms with E-state index in [1.54, 1.807) is 0 Å². The fraction of sp³-hybridized carbons (Fsp3) is 0.797. The molecule has 0 spiro atoms. The molecular formula is C74H132O6. The fourth-order valence-electron chi connectivity index (χ4n) is 10.2. The second kappa shape index (κ2) is 68.3. The van der Waals surface area contributed by atoms with E-state index in [1.807, 2.05) is 0 Å². The van der Waals surface area contributed by atoms with Gasteiger partial charge in [-0.15, -0.1) is 0 Å². The molecule has 1 atom stereocenters. The summed E-state index contributed by atoms with van der Waals surface area (Å²) in [5.74, 6) is -0.868. The van der Waals surface area contributed by atoms with Gasteiger partial charge in [-0.05, 0) is 109 Å². The normalized spacial score (nSPS) is 12.5. The third kappa shape index (κ3) is 65.7. The first-order valence-electron chi connectivity index (χ1n) is 34.9. The van der Waals surface area contributed by atoms with Crippen molar-refractivity contribution in [2.45, 2.75) is 367 Å². The van der Waals surface area contributed by atoms with Crippen molar-refractivity contribution in [3.63, 3.8) is 0 Å². The lowest BCUT2D eigenvalue weighted by molar-refractivity contribution is -0.167. The highest BCUT2D eigenvalue weighted by Gasteiger charge is 2.19. The van der Waals surface area contributed by atoms with Crippen LogP contribution < -0.4 is 0 Å². The van der Waals surface area contributed by atoms with Crippen molar-refractivity contribution in [3.8, 4) is 0 Å². The monoisotopic (exact) mass is 1120 g/mol. The van der Waals surface area contributed by atoms with Crippen molar-refractivity contribution in [2.24, 2.45) is 0 Å². The minimum atomic E-state index is -0.781. The lowest BCUT2D eigenvalue weighted by Gasteiger charge is -2.18. The van der Waals surface area contributed by atoms with Gasteiger partial charge < -0.3 is 14.2 Å². The van der Waals surface area contributed by atoms with E-state index < -0.39 is 6.10 Å². The molecule has 1 unspecified atom stereocenters. The van der Waals surface area contributed by atoms with E-state index in [0.717, 1.165) is 89.9 Å². The van der Waals surface area contributed by atoms with Crippen molar-refractivity contribution in [3.05, 3.63) is 72.9 Å².